The maximum Gasteiger partial charge on any atom is 0.410 e. The van der Waals surface area contributed by atoms with Crippen LogP contribution in [0.15, 0.2) is 24.3 Å². The van der Waals surface area contributed by atoms with E-state index in [0.717, 1.165) is 30.7 Å². The van der Waals surface area contributed by atoms with Crippen LogP contribution in [-0.2, 0) is 4.74 Å². The van der Waals surface area contributed by atoms with Gasteiger partial charge in [0.1, 0.15) is 11.9 Å². The minimum atomic E-state index is -0.166. The van der Waals surface area contributed by atoms with Gasteiger partial charge < -0.3 is 14.4 Å². The van der Waals surface area contributed by atoms with Crippen LogP contribution in [0.3, 0.4) is 0 Å². The molecule has 4 nitrogen and oxygen atoms in total. The van der Waals surface area contributed by atoms with Crippen molar-refractivity contribution in [3.63, 3.8) is 0 Å². The van der Waals surface area contributed by atoms with E-state index in [1.807, 2.05) is 29.2 Å². The van der Waals surface area contributed by atoms with Crippen LogP contribution in [0.5, 0.6) is 5.75 Å². The number of nitrogens with zero attached hydrogens (tertiary/aromatic N) is 1. The van der Waals surface area contributed by atoms with Gasteiger partial charge in [-0.2, -0.15) is 0 Å². The molecule has 2 fully saturated rings. The largest absolute Gasteiger partial charge is 0.497 e. The number of rotatable bonds is 2. The summed E-state index contributed by atoms with van der Waals surface area (Å²) in [6, 6.07) is 7.99. The van der Waals surface area contributed by atoms with Crippen molar-refractivity contribution in [1.29, 1.82) is 0 Å². The zero-order valence-electron chi connectivity index (χ0n) is 10.5. The van der Waals surface area contributed by atoms with Crippen molar-refractivity contribution in [1.82, 2.24) is 4.90 Å². The molecule has 1 amide bonds. The first-order chi connectivity index (χ1) is 8.79. The SMILES string of the molecule is COc1ccc([C@@H]2OC(=O)N3CCCC[C@@H]23)cc1. The number of carbonyl (C=O) groups is 1. The zero-order chi connectivity index (χ0) is 12.5. The zero-order valence-corrected chi connectivity index (χ0v) is 10.5. The van der Waals surface area contributed by atoms with Crippen molar-refractivity contribution in [2.45, 2.75) is 31.4 Å². The van der Waals surface area contributed by atoms with Crippen LogP contribution < -0.4 is 4.74 Å². The van der Waals surface area contributed by atoms with E-state index in [4.69, 9.17) is 9.47 Å². The smallest absolute Gasteiger partial charge is 0.410 e. The third kappa shape index (κ3) is 1.82. The molecule has 2 aliphatic heterocycles. The number of amides is 1. The highest BCUT2D eigenvalue weighted by Gasteiger charge is 2.43. The van der Waals surface area contributed by atoms with Crippen molar-refractivity contribution in [2.24, 2.45) is 0 Å². The van der Waals surface area contributed by atoms with E-state index >= 15 is 0 Å². The Hall–Kier alpha value is -1.71. The Morgan fingerprint density at radius 3 is 2.78 bits per heavy atom. The van der Waals surface area contributed by atoms with Gasteiger partial charge in [-0.05, 0) is 37.0 Å². The number of piperidine rings is 1. The molecule has 0 unspecified atom stereocenters. The molecule has 0 saturated carbocycles. The van der Waals surface area contributed by atoms with Gasteiger partial charge in [0.25, 0.3) is 0 Å². The molecule has 3 rings (SSSR count). The van der Waals surface area contributed by atoms with Crippen LogP contribution in [0.2, 0.25) is 0 Å². The van der Waals surface area contributed by atoms with Gasteiger partial charge in [-0.25, -0.2) is 4.79 Å². The molecule has 1 aromatic rings. The van der Waals surface area contributed by atoms with Gasteiger partial charge in [0.15, 0.2) is 0 Å². The van der Waals surface area contributed by atoms with E-state index in [1.54, 1.807) is 7.11 Å². The van der Waals surface area contributed by atoms with Crippen molar-refractivity contribution in [3.8, 4) is 5.75 Å². The summed E-state index contributed by atoms with van der Waals surface area (Å²) in [6.45, 7) is 0.830. The highest BCUT2D eigenvalue weighted by atomic mass is 16.6. The summed E-state index contributed by atoms with van der Waals surface area (Å²) < 4.78 is 10.7. The van der Waals surface area contributed by atoms with Gasteiger partial charge in [0, 0.05) is 6.54 Å². The molecule has 0 radical (unpaired) electrons. The van der Waals surface area contributed by atoms with Gasteiger partial charge in [0.05, 0.1) is 13.2 Å². The standard InChI is InChI=1S/C14H17NO3/c1-17-11-7-5-10(6-8-11)13-12-4-2-3-9-15(12)14(16)18-13/h5-8,12-13H,2-4,9H2,1H3/t12-,13-/m0/s1. The van der Waals surface area contributed by atoms with E-state index < -0.39 is 0 Å². The molecule has 18 heavy (non-hydrogen) atoms. The number of hydrogen-bond donors (Lipinski definition) is 0. The number of cyclic esters (lactones) is 1. The number of fused-ring (bicyclic) bond motifs is 1. The molecule has 1 aromatic carbocycles. The van der Waals surface area contributed by atoms with Crippen LogP contribution in [0.25, 0.3) is 0 Å². The second-order valence-electron chi connectivity index (χ2n) is 4.83. The van der Waals surface area contributed by atoms with Gasteiger partial charge in [-0.3, -0.25) is 0 Å². The summed E-state index contributed by atoms with van der Waals surface area (Å²) >= 11 is 0. The predicted molar refractivity (Wildman–Crippen MR) is 66.6 cm³/mol. The maximum absolute atomic E-state index is 11.8. The number of hydrogen-bond acceptors (Lipinski definition) is 3. The summed E-state index contributed by atoms with van der Waals surface area (Å²) in [6.07, 6.45) is 3.00. The lowest BCUT2D eigenvalue weighted by Crippen LogP contribution is -2.38. The fourth-order valence-corrected chi connectivity index (χ4v) is 2.84. The molecule has 0 spiro atoms. The average molecular weight is 247 g/mol. The molecular formula is C14H17NO3. The van der Waals surface area contributed by atoms with Gasteiger partial charge >= 0.3 is 6.09 Å². The van der Waals surface area contributed by atoms with E-state index in [1.165, 1.54) is 6.42 Å². The predicted octanol–water partition coefficient (Wildman–Crippen LogP) is 2.74. The molecule has 0 aliphatic carbocycles. The molecule has 2 atom stereocenters. The molecule has 4 heteroatoms. The fourth-order valence-electron chi connectivity index (χ4n) is 2.84. The maximum atomic E-state index is 11.8. The molecule has 0 bridgehead atoms. The number of carbonyl (C=O) groups excluding carboxylic acids is 1. The van der Waals surface area contributed by atoms with E-state index in [2.05, 4.69) is 0 Å². The molecule has 2 saturated heterocycles. The Morgan fingerprint density at radius 1 is 1.28 bits per heavy atom. The lowest BCUT2D eigenvalue weighted by molar-refractivity contribution is 0.130. The highest BCUT2D eigenvalue weighted by molar-refractivity contribution is 5.71. The third-order valence-electron chi connectivity index (χ3n) is 3.81. The molecule has 96 valence electrons. The molecule has 0 aromatic heterocycles. The fraction of sp³-hybridized carbons (Fsp3) is 0.500. The van der Waals surface area contributed by atoms with E-state index in [9.17, 15) is 4.79 Å². The summed E-state index contributed by atoms with van der Waals surface area (Å²) in [7, 11) is 1.65. The van der Waals surface area contributed by atoms with E-state index in [0.29, 0.717) is 0 Å². The lowest BCUT2D eigenvalue weighted by atomic mass is 9.94. The normalized spacial score (nSPS) is 26.7. The summed E-state index contributed by atoms with van der Waals surface area (Å²) in [5.41, 5.74) is 1.05. The average Bonchev–Trinajstić information content (AvgIpc) is 2.77. The molecule has 2 heterocycles. The quantitative estimate of drug-likeness (QED) is 0.806. The van der Waals surface area contributed by atoms with Crippen LogP contribution >= 0.6 is 0 Å². The number of ether oxygens (including phenoxy) is 2. The van der Waals surface area contributed by atoms with Gasteiger partial charge in [-0.1, -0.05) is 12.1 Å². The van der Waals surface area contributed by atoms with Crippen molar-refractivity contribution in [2.75, 3.05) is 13.7 Å². The Balaban J connectivity index is 1.84. The number of methoxy groups -OCH3 is 1. The first kappa shape index (κ1) is 11.4. The number of benzene rings is 1. The first-order valence-corrected chi connectivity index (χ1v) is 6.41. The Bertz CT molecular complexity index is 443. The second kappa shape index (κ2) is 4.52. The monoisotopic (exact) mass is 247 g/mol. The topological polar surface area (TPSA) is 38.8 Å². The summed E-state index contributed by atoms with van der Waals surface area (Å²) in [5.74, 6) is 0.823. The van der Waals surface area contributed by atoms with Crippen LogP contribution in [0.4, 0.5) is 4.79 Å². The lowest BCUT2D eigenvalue weighted by Gasteiger charge is -2.28. The molecule has 2 aliphatic rings. The van der Waals surface area contributed by atoms with Crippen LogP contribution in [-0.4, -0.2) is 30.7 Å². The van der Waals surface area contributed by atoms with Crippen molar-refractivity contribution < 1.29 is 14.3 Å². The van der Waals surface area contributed by atoms with Gasteiger partial charge in [0.2, 0.25) is 0 Å². The summed E-state index contributed by atoms with van der Waals surface area (Å²) in [4.78, 5) is 13.7. The first-order valence-electron chi connectivity index (χ1n) is 6.41. The minimum Gasteiger partial charge on any atom is -0.497 e. The summed E-state index contributed by atoms with van der Waals surface area (Å²) in [5, 5.41) is 0. The van der Waals surface area contributed by atoms with E-state index in [-0.39, 0.29) is 18.2 Å². The second-order valence-corrected chi connectivity index (χ2v) is 4.83. The Morgan fingerprint density at radius 2 is 2.06 bits per heavy atom. The highest BCUT2D eigenvalue weighted by Crippen LogP contribution is 2.38. The van der Waals surface area contributed by atoms with Crippen molar-refractivity contribution >= 4 is 6.09 Å². The third-order valence-corrected chi connectivity index (χ3v) is 3.81. The Kier molecular flexibility index (Phi) is 2.86. The van der Waals surface area contributed by atoms with Crippen LogP contribution in [0, 0.1) is 0 Å². The van der Waals surface area contributed by atoms with Gasteiger partial charge in [-0.15, -0.1) is 0 Å². The van der Waals surface area contributed by atoms with Crippen LogP contribution in [0.1, 0.15) is 30.9 Å². The molecule has 0 N–H and O–H groups in total. The molecular weight excluding hydrogens is 230 g/mol. The van der Waals surface area contributed by atoms with Crippen molar-refractivity contribution in [3.05, 3.63) is 29.8 Å². The Labute approximate surface area is 106 Å². The minimum absolute atomic E-state index is 0.122.